The average Bonchev–Trinajstić information content (AvgIpc) is 2.41. The summed E-state index contributed by atoms with van der Waals surface area (Å²) in [6.45, 7) is 0.901. The van der Waals surface area contributed by atoms with E-state index in [4.69, 9.17) is 5.84 Å². The first kappa shape index (κ1) is 7.72. The molecule has 0 atom stereocenters. The standard InChI is InChI=1S/C7H12N2S/c8-9-5-1-3-7-4-2-6-10-7/h2,4,6,9H,1,3,5,8H2. The van der Waals surface area contributed by atoms with Gasteiger partial charge in [0, 0.05) is 11.4 Å². The zero-order chi connectivity index (χ0) is 7.23. The number of nitrogens with two attached hydrogens (primary N) is 1. The van der Waals surface area contributed by atoms with Crippen LogP contribution in [0.15, 0.2) is 17.5 Å². The maximum atomic E-state index is 5.12. The van der Waals surface area contributed by atoms with Gasteiger partial charge >= 0.3 is 0 Å². The lowest BCUT2D eigenvalue weighted by Gasteiger charge is -1.95. The first-order valence-electron chi connectivity index (χ1n) is 3.39. The van der Waals surface area contributed by atoms with Crippen LogP contribution in [0.3, 0.4) is 0 Å². The molecular weight excluding hydrogens is 144 g/mol. The molecule has 1 aromatic rings. The van der Waals surface area contributed by atoms with Crippen molar-refractivity contribution in [2.45, 2.75) is 12.8 Å². The Kier molecular flexibility index (Phi) is 3.43. The molecule has 3 N–H and O–H groups in total. The number of hydrazine groups is 1. The maximum absolute atomic E-state index is 5.12. The molecule has 1 aromatic heterocycles. The molecule has 0 bridgehead atoms. The van der Waals surface area contributed by atoms with Gasteiger partial charge in [-0.05, 0) is 24.3 Å². The predicted molar refractivity (Wildman–Crippen MR) is 44.8 cm³/mol. The number of thiophene rings is 1. The zero-order valence-corrected chi connectivity index (χ0v) is 6.66. The summed E-state index contributed by atoms with van der Waals surface area (Å²) in [7, 11) is 0. The van der Waals surface area contributed by atoms with Crippen molar-refractivity contribution in [3.8, 4) is 0 Å². The smallest absolute Gasteiger partial charge is 0.0101 e. The molecule has 0 radical (unpaired) electrons. The molecule has 2 nitrogen and oxygen atoms in total. The Hall–Kier alpha value is -0.380. The second kappa shape index (κ2) is 4.44. The van der Waals surface area contributed by atoms with Gasteiger partial charge < -0.3 is 0 Å². The van der Waals surface area contributed by atoms with E-state index in [1.807, 2.05) is 0 Å². The van der Waals surface area contributed by atoms with Crippen LogP contribution >= 0.6 is 11.3 Å². The van der Waals surface area contributed by atoms with Crippen LogP contribution in [0, 0.1) is 0 Å². The predicted octanol–water partition coefficient (Wildman–Crippen LogP) is 1.14. The number of hydrogen-bond donors (Lipinski definition) is 2. The molecule has 0 aliphatic rings. The Bertz CT molecular complexity index is 160. The van der Waals surface area contributed by atoms with E-state index in [1.54, 1.807) is 11.3 Å². The van der Waals surface area contributed by atoms with Crippen LogP contribution in [0.2, 0.25) is 0 Å². The highest BCUT2D eigenvalue weighted by molar-refractivity contribution is 7.09. The van der Waals surface area contributed by atoms with Crippen molar-refractivity contribution in [2.24, 2.45) is 5.84 Å². The van der Waals surface area contributed by atoms with Gasteiger partial charge in [0.1, 0.15) is 0 Å². The lowest BCUT2D eigenvalue weighted by Crippen LogP contribution is -2.23. The zero-order valence-electron chi connectivity index (χ0n) is 5.84. The molecule has 3 heteroatoms. The second-order valence-corrected chi connectivity index (χ2v) is 3.17. The van der Waals surface area contributed by atoms with Gasteiger partial charge in [-0.15, -0.1) is 11.3 Å². The fourth-order valence-electron chi connectivity index (χ4n) is 0.820. The van der Waals surface area contributed by atoms with Gasteiger partial charge in [-0.2, -0.15) is 0 Å². The van der Waals surface area contributed by atoms with Crippen LogP contribution in [-0.4, -0.2) is 6.54 Å². The van der Waals surface area contributed by atoms with Crippen molar-refractivity contribution in [1.29, 1.82) is 0 Å². The minimum Gasteiger partial charge on any atom is -0.271 e. The Morgan fingerprint density at radius 3 is 3.10 bits per heavy atom. The van der Waals surface area contributed by atoms with Crippen molar-refractivity contribution in [2.75, 3.05) is 6.54 Å². The largest absolute Gasteiger partial charge is 0.271 e. The van der Waals surface area contributed by atoms with Gasteiger partial charge in [0.05, 0.1) is 0 Å². The molecule has 0 fully saturated rings. The summed E-state index contributed by atoms with van der Waals surface area (Å²) < 4.78 is 0. The van der Waals surface area contributed by atoms with Crippen molar-refractivity contribution in [1.82, 2.24) is 5.43 Å². The monoisotopic (exact) mass is 156 g/mol. The van der Waals surface area contributed by atoms with E-state index in [2.05, 4.69) is 22.9 Å². The van der Waals surface area contributed by atoms with E-state index in [-0.39, 0.29) is 0 Å². The molecule has 0 unspecified atom stereocenters. The minimum atomic E-state index is 0.901. The van der Waals surface area contributed by atoms with Crippen molar-refractivity contribution in [3.05, 3.63) is 22.4 Å². The average molecular weight is 156 g/mol. The van der Waals surface area contributed by atoms with Gasteiger partial charge in [0.2, 0.25) is 0 Å². The topological polar surface area (TPSA) is 38.0 Å². The molecule has 0 saturated heterocycles. The van der Waals surface area contributed by atoms with E-state index < -0.39 is 0 Å². The van der Waals surface area contributed by atoms with E-state index in [9.17, 15) is 0 Å². The molecule has 0 saturated carbocycles. The highest BCUT2D eigenvalue weighted by Crippen LogP contribution is 2.09. The first-order valence-corrected chi connectivity index (χ1v) is 4.27. The summed E-state index contributed by atoms with van der Waals surface area (Å²) in [5, 5.41) is 2.10. The van der Waals surface area contributed by atoms with Gasteiger partial charge in [0.15, 0.2) is 0 Å². The van der Waals surface area contributed by atoms with Crippen LogP contribution in [0.4, 0.5) is 0 Å². The summed E-state index contributed by atoms with van der Waals surface area (Å²) in [5.41, 5.74) is 2.63. The third kappa shape index (κ3) is 2.47. The fraction of sp³-hybridized carbons (Fsp3) is 0.429. The van der Waals surface area contributed by atoms with Crippen molar-refractivity contribution < 1.29 is 0 Å². The van der Waals surface area contributed by atoms with Gasteiger partial charge in [-0.25, -0.2) is 0 Å². The number of hydrogen-bond acceptors (Lipinski definition) is 3. The van der Waals surface area contributed by atoms with Crippen LogP contribution in [0.5, 0.6) is 0 Å². The second-order valence-electron chi connectivity index (χ2n) is 2.14. The normalized spacial score (nSPS) is 10.1. The summed E-state index contributed by atoms with van der Waals surface area (Å²) in [4.78, 5) is 1.44. The quantitative estimate of drug-likeness (QED) is 0.390. The molecule has 10 heavy (non-hydrogen) atoms. The Labute approximate surface area is 65.0 Å². The Morgan fingerprint density at radius 1 is 1.60 bits per heavy atom. The molecule has 0 aliphatic carbocycles. The van der Waals surface area contributed by atoms with Crippen LogP contribution in [0.25, 0.3) is 0 Å². The molecule has 1 heterocycles. The van der Waals surface area contributed by atoms with Gasteiger partial charge in [0.25, 0.3) is 0 Å². The van der Waals surface area contributed by atoms with Crippen LogP contribution in [0.1, 0.15) is 11.3 Å². The third-order valence-electron chi connectivity index (χ3n) is 1.32. The van der Waals surface area contributed by atoms with Gasteiger partial charge in [-0.3, -0.25) is 11.3 Å². The Balaban J connectivity index is 2.15. The van der Waals surface area contributed by atoms with Gasteiger partial charge in [-0.1, -0.05) is 6.07 Å². The molecule has 0 amide bonds. The molecule has 0 aliphatic heterocycles. The highest BCUT2D eigenvalue weighted by Gasteiger charge is 1.91. The molecule has 1 rings (SSSR count). The third-order valence-corrected chi connectivity index (χ3v) is 2.26. The summed E-state index contributed by atoms with van der Waals surface area (Å²) in [5.74, 6) is 5.12. The summed E-state index contributed by atoms with van der Waals surface area (Å²) in [6, 6.07) is 4.23. The minimum absolute atomic E-state index is 0.901. The van der Waals surface area contributed by atoms with E-state index >= 15 is 0 Å². The molecular formula is C7H12N2S. The number of nitrogens with one attached hydrogen (secondary N) is 1. The lowest BCUT2D eigenvalue weighted by molar-refractivity contribution is 0.683. The fourth-order valence-corrected chi connectivity index (χ4v) is 1.57. The molecule has 0 spiro atoms. The van der Waals surface area contributed by atoms with Crippen LogP contribution in [-0.2, 0) is 6.42 Å². The Morgan fingerprint density at radius 2 is 2.50 bits per heavy atom. The van der Waals surface area contributed by atoms with E-state index in [1.165, 1.54) is 4.88 Å². The van der Waals surface area contributed by atoms with Crippen molar-refractivity contribution in [3.63, 3.8) is 0 Å². The maximum Gasteiger partial charge on any atom is 0.0101 e. The SMILES string of the molecule is NNCCCc1cccs1. The number of rotatable bonds is 4. The highest BCUT2D eigenvalue weighted by atomic mass is 32.1. The van der Waals surface area contributed by atoms with Crippen molar-refractivity contribution >= 4 is 11.3 Å². The number of aryl methyl sites for hydroxylation is 1. The molecule has 56 valence electrons. The van der Waals surface area contributed by atoms with E-state index in [0.29, 0.717) is 0 Å². The summed E-state index contributed by atoms with van der Waals surface area (Å²) >= 11 is 1.80. The first-order chi connectivity index (χ1) is 4.93. The van der Waals surface area contributed by atoms with Crippen LogP contribution < -0.4 is 11.3 Å². The lowest BCUT2D eigenvalue weighted by atomic mass is 10.3. The molecule has 0 aromatic carbocycles. The summed E-state index contributed by atoms with van der Waals surface area (Å²) in [6.07, 6.45) is 2.26. The van der Waals surface area contributed by atoms with E-state index in [0.717, 1.165) is 19.4 Å².